The zero-order valence-corrected chi connectivity index (χ0v) is 16.7. The highest BCUT2D eigenvalue weighted by Crippen LogP contribution is 2.32. The molecule has 0 radical (unpaired) electrons. The van der Waals surface area contributed by atoms with E-state index in [1.54, 1.807) is 4.90 Å². The molecule has 6 nitrogen and oxygen atoms in total. The molecule has 0 aromatic heterocycles. The normalized spacial score (nSPS) is 15.1. The maximum absolute atomic E-state index is 12.5. The number of carbonyl (C=O) groups is 2. The van der Waals surface area contributed by atoms with Gasteiger partial charge in [0.25, 0.3) is 5.91 Å². The van der Waals surface area contributed by atoms with Crippen molar-refractivity contribution >= 4 is 11.8 Å². The Kier molecular flexibility index (Phi) is 6.84. The standard InChI is InChI=1S/C21H29N3O3/c1-15-5-6-18(17(13-15)21(2,3)4)27-14-20(26)24-11-8-16(9-12-24)23-19(25)7-10-22/h5-6,13,16H,7-9,11-12,14H2,1-4H3,(H,23,25). The number of nitriles is 1. The van der Waals surface area contributed by atoms with Gasteiger partial charge in [0, 0.05) is 19.1 Å². The lowest BCUT2D eigenvalue weighted by atomic mass is 9.85. The van der Waals surface area contributed by atoms with Crippen molar-refractivity contribution in [2.45, 2.75) is 58.4 Å². The predicted octanol–water partition coefficient (Wildman–Crippen LogP) is 2.69. The molecule has 2 amide bonds. The van der Waals surface area contributed by atoms with Gasteiger partial charge in [0.2, 0.25) is 5.91 Å². The van der Waals surface area contributed by atoms with Gasteiger partial charge in [0.05, 0.1) is 6.07 Å². The minimum absolute atomic E-state index is 0.0115. The number of rotatable bonds is 5. The molecule has 146 valence electrons. The summed E-state index contributed by atoms with van der Waals surface area (Å²) in [5.74, 6) is 0.456. The van der Waals surface area contributed by atoms with Crippen LogP contribution >= 0.6 is 0 Å². The van der Waals surface area contributed by atoms with E-state index >= 15 is 0 Å². The van der Waals surface area contributed by atoms with Gasteiger partial charge in [0.15, 0.2) is 6.61 Å². The van der Waals surface area contributed by atoms with Crippen molar-refractivity contribution in [2.75, 3.05) is 19.7 Å². The molecule has 2 rings (SSSR count). The molecule has 1 heterocycles. The molecule has 1 saturated heterocycles. The van der Waals surface area contributed by atoms with Crippen LogP contribution in [0, 0.1) is 18.3 Å². The number of amides is 2. The fourth-order valence-corrected chi connectivity index (χ4v) is 3.21. The predicted molar refractivity (Wildman–Crippen MR) is 103 cm³/mol. The molecular formula is C21H29N3O3. The van der Waals surface area contributed by atoms with Gasteiger partial charge in [-0.15, -0.1) is 0 Å². The van der Waals surface area contributed by atoms with Gasteiger partial charge in [-0.25, -0.2) is 0 Å². The smallest absolute Gasteiger partial charge is 0.260 e. The first-order chi connectivity index (χ1) is 12.7. The molecule has 6 heteroatoms. The molecular weight excluding hydrogens is 342 g/mol. The van der Waals surface area contributed by atoms with Crippen molar-refractivity contribution in [3.8, 4) is 11.8 Å². The van der Waals surface area contributed by atoms with Gasteiger partial charge in [0.1, 0.15) is 12.2 Å². The molecule has 1 N–H and O–H groups in total. The van der Waals surface area contributed by atoms with Crippen molar-refractivity contribution in [2.24, 2.45) is 0 Å². The molecule has 0 atom stereocenters. The van der Waals surface area contributed by atoms with Crippen LogP contribution in [-0.2, 0) is 15.0 Å². The van der Waals surface area contributed by atoms with Crippen LogP contribution in [0.15, 0.2) is 18.2 Å². The van der Waals surface area contributed by atoms with Crippen molar-refractivity contribution < 1.29 is 14.3 Å². The molecule has 1 aromatic rings. The number of nitrogens with one attached hydrogen (secondary N) is 1. The lowest BCUT2D eigenvalue weighted by Crippen LogP contribution is -2.47. The number of hydrogen-bond donors (Lipinski definition) is 1. The number of piperidine rings is 1. The van der Waals surface area contributed by atoms with E-state index in [2.05, 4.69) is 32.2 Å². The molecule has 1 aliphatic rings. The molecule has 0 unspecified atom stereocenters. The van der Waals surface area contributed by atoms with E-state index in [1.807, 2.05) is 25.1 Å². The zero-order valence-electron chi connectivity index (χ0n) is 16.7. The number of nitrogens with zero attached hydrogens (tertiary/aromatic N) is 2. The highest BCUT2D eigenvalue weighted by Gasteiger charge is 2.25. The average Bonchev–Trinajstić information content (AvgIpc) is 2.60. The van der Waals surface area contributed by atoms with Gasteiger partial charge in [-0.2, -0.15) is 5.26 Å². The van der Waals surface area contributed by atoms with Crippen LogP contribution in [0.5, 0.6) is 5.75 Å². The Morgan fingerprint density at radius 1 is 1.30 bits per heavy atom. The van der Waals surface area contributed by atoms with E-state index in [9.17, 15) is 9.59 Å². The summed E-state index contributed by atoms with van der Waals surface area (Å²) in [7, 11) is 0. The molecule has 1 aromatic carbocycles. The van der Waals surface area contributed by atoms with E-state index in [-0.39, 0.29) is 36.3 Å². The van der Waals surface area contributed by atoms with Gasteiger partial charge in [-0.3, -0.25) is 9.59 Å². The number of carbonyl (C=O) groups excluding carboxylic acids is 2. The summed E-state index contributed by atoms with van der Waals surface area (Å²) in [6.07, 6.45) is 1.26. The number of hydrogen-bond acceptors (Lipinski definition) is 4. The van der Waals surface area contributed by atoms with E-state index < -0.39 is 0 Å². The lowest BCUT2D eigenvalue weighted by Gasteiger charge is -2.32. The van der Waals surface area contributed by atoms with E-state index in [0.717, 1.165) is 11.3 Å². The van der Waals surface area contributed by atoms with Crippen molar-refractivity contribution in [1.82, 2.24) is 10.2 Å². The van der Waals surface area contributed by atoms with Gasteiger partial charge in [-0.1, -0.05) is 38.5 Å². The first kappa shape index (κ1) is 20.8. The third-order valence-electron chi connectivity index (χ3n) is 4.75. The van der Waals surface area contributed by atoms with Crippen LogP contribution < -0.4 is 10.1 Å². The second-order valence-electron chi connectivity index (χ2n) is 8.10. The summed E-state index contributed by atoms with van der Waals surface area (Å²) in [5.41, 5.74) is 2.19. The summed E-state index contributed by atoms with van der Waals surface area (Å²) in [4.78, 5) is 25.8. The van der Waals surface area contributed by atoms with Crippen molar-refractivity contribution in [1.29, 1.82) is 5.26 Å². The minimum Gasteiger partial charge on any atom is -0.483 e. The van der Waals surface area contributed by atoms with Gasteiger partial charge in [-0.05, 0) is 36.8 Å². The van der Waals surface area contributed by atoms with Crippen LogP contribution in [0.2, 0.25) is 0 Å². The average molecular weight is 371 g/mol. The molecule has 1 fully saturated rings. The number of benzene rings is 1. The fourth-order valence-electron chi connectivity index (χ4n) is 3.21. The van der Waals surface area contributed by atoms with Crippen LogP contribution in [-0.4, -0.2) is 42.5 Å². The van der Waals surface area contributed by atoms with Gasteiger partial charge < -0.3 is 15.0 Å². The Balaban J connectivity index is 1.87. The Morgan fingerprint density at radius 3 is 2.56 bits per heavy atom. The van der Waals surface area contributed by atoms with E-state index in [4.69, 9.17) is 10.00 Å². The zero-order chi connectivity index (χ0) is 20.0. The second kappa shape index (κ2) is 8.90. The Bertz CT molecular complexity index is 723. The van der Waals surface area contributed by atoms with Crippen molar-refractivity contribution in [3.05, 3.63) is 29.3 Å². The van der Waals surface area contributed by atoms with Crippen LogP contribution in [0.3, 0.4) is 0 Å². The summed E-state index contributed by atoms with van der Waals surface area (Å²) in [6.45, 7) is 9.60. The van der Waals surface area contributed by atoms with Crippen molar-refractivity contribution in [3.63, 3.8) is 0 Å². The Labute approximate surface area is 161 Å². The maximum Gasteiger partial charge on any atom is 0.260 e. The molecule has 1 aliphatic heterocycles. The summed E-state index contributed by atoms with van der Waals surface area (Å²) in [6, 6.07) is 7.90. The number of aryl methyl sites for hydroxylation is 1. The van der Waals surface area contributed by atoms with Crippen LogP contribution in [0.4, 0.5) is 0 Å². The number of likely N-dealkylation sites (tertiary alicyclic amines) is 1. The molecule has 27 heavy (non-hydrogen) atoms. The molecule has 0 spiro atoms. The monoisotopic (exact) mass is 371 g/mol. The first-order valence-corrected chi connectivity index (χ1v) is 9.38. The topological polar surface area (TPSA) is 82.4 Å². The van der Waals surface area contributed by atoms with E-state index in [0.29, 0.717) is 25.9 Å². The second-order valence-corrected chi connectivity index (χ2v) is 8.10. The summed E-state index contributed by atoms with van der Waals surface area (Å²) in [5, 5.41) is 11.4. The quantitative estimate of drug-likeness (QED) is 0.863. The summed E-state index contributed by atoms with van der Waals surface area (Å²) >= 11 is 0. The highest BCUT2D eigenvalue weighted by molar-refractivity contribution is 5.79. The van der Waals surface area contributed by atoms with E-state index in [1.165, 1.54) is 5.56 Å². The summed E-state index contributed by atoms with van der Waals surface area (Å²) < 4.78 is 5.86. The Morgan fingerprint density at radius 2 is 1.96 bits per heavy atom. The largest absolute Gasteiger partial charge is 0.483 e. The SMILES string of the molecule is Cc1ccc(OCC(=O)N2CCC(NC(=O)CC#N)CC2)c(C(C)(C)C)c1. The third kappa shape index (κ3) is 5.99. The van der Waals surface area contributed by atoms with Gasteiger partial charge >= 0.3 is 0 Å². The molecule has 0 saturated carbocycles. The highest BCUT2D eigenvalue weighted by atomic mass is 16.5. The first-order valence-electron chi connectivity index (χ1n) is 9.38. The van der Waals surface area contributed by atoms with Crippen LogP contribution in [0.1, 0.15) is 51.2 Å². The maximum atomic E-state index is 12.5. The van der Waals surface area contributed by atoms with Crippen LogP contribution in [0.25, 0.3) is 0 Å². The molecule has 0 aliphatic carbocycles. The number of ether oxygens (including phenoxy) is 1. The minimum atomic E-state index is -0.250. The Hall–Kier alpha value is -2.55. The fraction of sp³-hybridized carbons (Fsp3) is 0.571. The molecule has 0 bridgehead atoms. The lowest BCUT2D eigenvalue weighted by molar-refractivity contribution is -0.134. The third-order valence-corrected chi connectivity index (χ3v) is 4.75.